The van der Waals surface area contributed by atoms with Crippen molar-refractivity contribution in [2.24, 2.45) is 11.8 Å². The number of ketones is 1. The van der Waals surface area contributed by atoms with Crippen LogP contribution in [0.25, 0.3) is 0 Å². The second kappa shape index (κ2) is 8.64. The fourth-order valence-corrected chi connectivity index (χ4v) is 8.73. The van der Waals surface area contributed by atoms with E-state index in [1.165, 1.54) is 0 Å². The summed E-state index contributed by atoms with van der Waals surface area (Å²) in [5.41, 5.74) is -1.82. The van der Waals surface area contributed by atoms with Crippen LogP contribution in [0.4, 0.5) is 22.0 Å². The molecule has 0 radical (unpaired) electrons. The van der Waals surface area contributed by atoms with E-state index in [-0.39, 0.29) is 25.0 Å². The van der Waals surface area contributed by atoms with Gasteiger partial charge in [0, 0.05) is 12.2 Å². The molecule has 0 aromatic heterocycles. The number of sulfone groups is 2. The van der Waals surface area contributed by atoms with Crippen molar-refractivity contribution in [3.05, 3.63) is 53.3 Å². The van der Waals surface area contributed by atoms with E-state index in [2.05, 4.69) is 0 Å². The third-order valence-electron chi connectivity index (χ3n) is 7.17. The third kappa shape index (κ3) is 4.37. The van der Waals surface area contributed by atoms with Gasteiger partial charge in [-0.25, -0.2) is 16.8 Å². The van der Waals surface area contributed by atoms with Gasteiger partial charge < -0.3 is 4.74 Å². The van der Waals surface area contributed by atoms with Crippen LogP contribution < -0.4 is 0 Å². The van der Waals surface area contributed by atoms with E-state index in [0.29, 0.717) is 30.7 Å². The minimum atomic E-state index is -4.73. The topological polar surface area (TPSA) is 94.6 Å². The van der Waals surface area contributed by atoms with Crippen LogP contribution in [-0.2, 0) is 35.4 Å². The lowest BCUT2D eigenvalue weighted by Crippen LogP contribution is -2.59. The first-order valence-corrected chi connectivity index (χ1v) is 14.6. The van der Waals surface area contributed by atoms with E-state index in [1.807, 2.05) is 0 Å². The molecule has 0 N–H and O–H groups in total. The Kier molecular flexibility index (Phi) is 6.43. The van der Waals surface area contributed by atoms with Crippen molar-refractivity contribution in [2.75, 3.05) is 18.6 Å². The molecule has 198 valence electrons. The van der Waals surface area contributed by atoms with Gasteiger partial charge in [0.15, 0.2) is 21.4 Å². The molecule has 0 amide bonds. The number of halogens is 5. The van der Waals surface area contributed by atoms with Gasteiger partial charge >= 0.3 is 12.1 Å². The van der Waals surface area contributed by atoms with Gasteiger partial charge in [0.2, 0.25) is 0 Å². The monoisotopic (exact) mass is 554 g/mol. The number of alkyl halides is 5. The van der Waals surface area contributed by atoms with Crippen LogP contribution in [0.1, 0.15) is 31.2 Å². The number of carbonyl (C=O) groups excluding carboxylic acids is 1. The van der Waals surface area contributed by atoms with E-state index < -0.39 is 82.5 Å². The fraction of sp³-hybridized carbons (Fsp3) is 0.522. The zero-order valence-corrected chi connectivity index (χ0v) is 20.7. The summed E-state index contributed by atoms with van der Waals surface area (Å²) in [5, 5.41) is 0. The smallest absolute Gasteiger partial charge is 0.416 e. The molecule has 4 rings (SSSR count). The molecular weight excluding hydrogens is 531 g/mol. The molecular formula is C23H23F5O6S2. The number of rotatable bonds is 5. The predicted octanol–water partition coefficient (Wildman–Crippen LogP) is 4.13. The molecule has 3 atom stereocenters. The minimum absolute atomic E-state index is 0.0141. The molecule has 36 heavy (non-hydrogen) atoms. The number of allylic oxidation sites excluding steroid dienone is 2. The van der Waals surface area contributed by atoms with E-state index in [9.17, 15) is 43.6 Å². The molecule has 0 saturated heterocycles. The predicted molar refractivity (Wildman–Crippen MR) is 119 cm³/mol. The summed E-state index contributed by atoms with van der Waals surface area (Å²) in [7, 11) is -8.18. The highest BCUT2D eigenvalue weighted by atomic mass is 32.2. The number of hydrogen-bond acceptors (Lipinski definition) is 6. The summed E-state index contributed by atoms with van der Waals surface area (Å²) in [4.78, 5) is 12.4. The molecule has 0 spiro atoms. The molecule has 2 aliphatic carbocycles. The first kappa shape index (κ1) is 26.8. The molecule has 1 aromatic rings. The van der Waals surface area contributed by atoms with E-state index in [4.69, 9.17) is 4.74 Å². The lowest BCUT2D eigenvalue weighted by molar-refractivity contribution is -0.137. The van der Waals surface area contributed by atoms with Gasteiger partial charge in [-0.05, 0) is 61.6 Å². The zero-order chi connectivity index (χ0) is 26.7. The Morgan fingerprint density at radius 2 is 1.72 bits per heavy atom. The highest BCUT2D eigenvalue weighted by Gasteiger charge is 2.64. The molecule has 1 aliphatic heterocycles. The van der Waals surface area contributed by atoms with Gasteiger partial charge in [-0.3, -0.25) is 4.79 Å². The van der Waals surface area contributed by atoms with Crippen LogP contribution >= 0.6 is 0 Å². The fourth-order valence-electron chi connectivity index (χ4n) is 5.55. The number of ether oxygens (including phenoxy) is 1. The molecule has 6 nitrogen and oxygen atoms in total. The van der Waals surface area contributed by atoms with Crippen molar-refractivity contribution >= 4 is 25.5 Å². The van der Waals surface area contributed by atoms with Crippen molar-refractivity contribution < 1.29 is 48.3 Å². The van der Waals surface area contributed by atoms with Gasteiger partial charge in [0.05, 0.1) is 28.4 Å². The Bertz CT molecular complexity index is 1340. The minimum Gasteiger partial charge on any atom is -0.490 e. The molecule has 1 aromatic carbocycles. The lowest BCUT2D eigenvalue weighted by Gasteiger charge is -2.51. The Balaban J connectivity index is 1.92. The summed E-state index contributed by atoms with van der Waals surface area (Å²) < 4.78 is 124. The SMILES string of the molecule is CS(=O)(=O)CC[C@@H]1CCC[C@@]2(S(=O)(=O)c3ccc(C(F)(F)F)cc3)C3=C(OC[C@@H]12)C(F)(F)C=CC3=O. The van der Waals surface area contributed by atoms with Crippen molar-refractivity contribution in [1.29, 1.82) is 0 Å². The van der Waals surface area contributed by atoms with E-state index in [0.717, 1.165) is 18.4 Å². The number of fused-ring (bicyclic) bond motifs is 2. The van der Waals surface area contributed by atoms with Crippen LogP contribution in [0, 0.1) is 11.8 Å². The molecule has 1 saturated carbocycles. The van der Waals surface area contributed by atoms with Gasteiger partial charge in [-0.15, -0.1) is 0 Å². The van der Waals surface area contributed by atoms with Crippen molar-refractivity contribution in [1.82, 2.24) is 0 Å². The van der Waals surface area contributed by atoms with E-state index in [1.54, 1.807) is 0 Å². The maximum atomic E-state index is 14.8. The van der Waals surface area contributed by atoms with Crippen molar-refractivity contribution in [2.45, 2.75) is 47.4 Å². The molecule has 0 unspecified atom stereocenters. The van der Waals surface area contributed by atoms with Crippen LogP contribution in [0.15, 0.2) is 52.6 Å². The number of carbonyl (C=O) groups is 1. The maximum Gasteiger partial charge on any atom is 0.416 e. The Morgan fingerprint density at radius 3 is 2.31 bits per heavy atom. The standard InChI is InChI=1S/C23H23F5O6S2/c1-35(30,31)12-9-14-3-2-10-21(36(32,33)16-6-4-15(5-7-16)23(26,27)28)17(14)13-34-20-19(21)18(29)8-11-22(20,24)25/h4-8,11,14,17H,2-3,9-10,12-13H2,1H3/t14-,17-,21-/m0/s1. The second-order valence-electron chi connectivity index (χ2n) is 9.43. The Labute approximate surface area is 205 Å². The molecule has 1 fully saturated rings. The Morgan fingerprint density at radius 1 is 1.08 bits per heavy atom. The van der Waals surface area contributed by atoms with Gasteiger partial charge in [-0.1, -0.05) is 6.42 Å². The normalized spacial score (nSPS) is 28.3. The first-order valence-electron chi connectivity index (χ1n) is 11.1. The Hall–Kier alpha value is -2.28. The molecule has 1 heterocycles. The van der Waals surface area contributed by atoms with Crippen LogP contribution in [0.5, 0.6) is 0 Å². The van der Waals surface area contributed by atoms with Crippen LogP contribution in [0.2, 0.25) is 0 Å². The highest BCUT2D eigenvalue weighted by molar-refractivity contribution is 7.93. The summed E-state index contributed by atoms with van der Waals surface area (Å²) in [6, 6.07) is 2.66. The van der Waals surface area contributed by atoms with Crippen molar-refractivity contribution in [3.8, 4) is 0 Å². The highest BCUT2D eigenvalue weighted by Crippen LogP contribution is 2.56. The van der Waals surface area contributed by atoms with Gasteiger partial charge in [0.1, 0.15) is 14.6 Å². The molecule has 3 aliphatic rings. The van der Waals surface area contributed by atoms with Gasteiger partial charge in [0.25, 0.3) is 0 Å². The summed E-state index contributed by atoms with van der Waals surface area (Å²) in [5.74, 6) is -7.80. The van der Waals surface area contributed by atoms with Crippen LogP contribution in [0.3, 0.4) is 0 Å². The molecule has 13 heteroatoms. The van der Waals surface area contributed by atoms with Gasteiger partial charge in [-0.2, -0.15) is 22.0 Å². The average molecular weight is 555 g/mol. The largest absolute Gasteiger partial charge is 0.490 e. The summed E-state index contributed by atoms with van der Waals surface area (Å²) in [6.45, 7) is -0.510. The second-order valence-corrected chi connectivity index (χ2v) is 13.9. The zero-order valence-electron chi connectivity index (χ0n) is 19.0. The van der Waals surface area contributed by atoms with E-state index >= 15 is 0 Å². The quantitative estimate of drug-likeness (QED) is 0.509. The summed E-state index contributed by atoms with van der Waals surface area (Å²) in [6.07, 6.45) is -2.51. The number of hydrogen-bond donors (Lipinski definition) is 0. The lowest BCUT2D eigenvalue weighted by atomic mass is 9.65. The van der Waals surface area contributed by atoms with Crippen molar-refractivity contribution in [3.63, 3.8) is 0 Å². The summed E-state index contributed by atoms with van der Waals surface area (Å²) >= 11 is 0. The van der Waals surface area contributed by atoms with Crippen LogP contribution in [-0.4, -0.2) is 51.9 Å². The number of benzene rings is 1. The first-order chi connectivity index (χ1) is 16.5. The molecule has 0 bridgehead atoms. The third-order valence-corrected chi connectivity index (χ3v) is 10.7. The average Bonchev–Trinajstić information content (AvgIpc) is 2.78. The maximum absolute atomic E-state index is 14.8.